The molecule has 116 valence electrons. The molecule has 1 amide bonds. The number of carbonyl (C=O) groups is 1. The van der Waals surface area contributed by atoms with Crippen LogP contribution in [0.3, 0.4) is 0 Å². The number of nitrogens with zero attached hydrogens (tertiary/aromatic N) is 1. The van der Waals surface area contributed by atoms with Crippen LogP contribution >= 0.6 is 15.9 Å². The minimum Gasteiger partial charge on any atom is -0.497 e. The Bertz CT molecular complexity index is 629. The van der Waals surface area contributed by atoms with Crippen molar-refractivity contribution in [2.75, 3.05) is 26.0 Å². The van der Waals surface area contributed by atoms with Gasteiger partial charge in [-0.3, -0.25) is 9.69 Å². The third-order valence-corrected chi connectivity index (χ3v) is 3.96. The summed E-state index contributed by atoms with van der Waals surface area (Å²) < 4.78 is 6.14. The Morgan fingerprint density at radius 2 is 1.86 bits per heavy atom. The summed E-state index contributed by atoms with van der Waals surface area (Å²) in [5.41, 5.74) is 1.92. The second kappa shape index (κ2) is 7.96. The SMILES string of the molecule is COc1ccc(NC(=O)CN(C)Cc2ccccc2Br)cc1. The average molecular weight is 363 g/mol. The van der Waals surface area contributed by atoms with Gasteiger partial charge in [0, 0.05) is 16.7 Å². The minimum absolute atomic E-state index is 0.0419. The maximum atomic E-state index is 12.1. The molecule has 0 saturated carbocycles. The first-order valence-electron chi connectivity index (χ1n) is 6.94. The van der Waals surface area contributed by atoms with Crippen LogP contribution in [0.4, 0.5) is 5.69 Å². The average Bonchev–Trinajstić information content (AvgIpc) is 2.50. The van der Waals surface area contributed by atoms with Gasteiger partial charge in [0.05, 0.1) is 13.7 Å². The Morgan fingerprint density at radius 1 is 1.18 bits per heavy atom. The Balaban J connectivity index is 1.87. The van der Waals surface area contributed by atoms with Crippen molar-refractivity contribution in [3.8, 4) is 5.75 Å². The number of methoxy groups -OCH3 is 1. The number of hydrogen-bond acceptors (Lipinski definition) is 3. The zero-order valence-corrected chi connectivity index (χ0v) is 14.3. The van der Waals surface area contributed by atoms with Gasteiger partial charge in [-0.05, 0) is 42.9 Å². The van der Waals surface area contributed by atoms with Gasteiger partial charge < -0.3 is 10.1 Å². The number of nitrogens with one attached hydrogen (secondary N) is 1. The fraction of sp³-hybridized carbons (Fsp3) is 0.235. The largest absolute Gasteiger partial charge is 0.497 e. The van der Waals surface area contributed by atoms with Crippen molar-refractivity contribution in [1.82, 2.24) is 4.90 Å². The van der Waals surface area contributed by atoms with Gasteiger partial charge in [0.25, 0.3) is 0 Å². The number of benzene rings is 2. The zero-order chi connectivity index (χ0) is 15.9. The summed E-state index contributed by atoms with van der Waals surface area (Å²) in [6, 6.07) is 15.3. The highest BCUT2D eigenvalue weighted by atomic mass is 79.9. The topological polar surface area (TPSA) is 41.6 Å². The second-order valence-corrected chi connectivity index (χ2v) is 5.89. The Labute approximate surface area is 139 Å². The van der Waals surface area contributed by atoms with E-state index in [0.29, 0.717) is 13.1 Å². The summed E-state index contributed by atoms with van der Waals surface area (Å²) in [4.78, 5) is 14.0. The monoisotopic (exact) mass is 362 g/mol. The molecule has 0 unspecified atom stereocenters. The summed E-state index contributed by atoms with van der Waals surface area (Å²) >= 11 is 3.52. The van der Waals surface area contributed by atoms with Gasteiger partial charge >= 0.3 is 0 Å². The van der Waals surface area contributed by atoms with Crippen LogP contribution in [0.1, 0.15) is 5.56 Å². The molecule has 2 aromatic rings. The van der Waals surface area contributed by atoms with Gasteiger partial charge in [-0.1, -0.05) is 34.1 Å². The first kappa shape index (κ1) is 16.5. The summed E-state index contributed by atoms with van der Waals surface area (Å²) in [6.45, 7) is 1.03. The normalized spacial score (nSPS) is 10.5. The summed E-state index contributed by atoms with van der Waals surface area (Å²) in [6.07, 6.45) is 0. The lowest BCUT2D eigenvalue weighted by atomic mass is 10.2. The number of ether oxygens (including phenoxy) is 1. The van der Waals surface area contributed by atoms with Gasteiger partial charge in [0.2, 0.25) is 5.91 Å². The molecule has 0 aromatic heterocycles. The lowest BCUT2D eigenvalue weighted by molar-refractivity contribution is -0.117. The van der Waals surface area contributed by atoms with E-state index >= 15 is 0 Å². The third kappa shape index (κ3) is 4.86. The molecule has 0 aliphatic heterocycles. The van der Waals surface area contributed by atoms with Crippen LogP contribution in [-0.4, -0.2) is 31.5 Å². The van der Waals surface area contributed by atoms with E-state index in [-0.39, 0.29) is 5.91 Å². The Kier molecular flexibility index (Phi) is 5.98. The molecule has 2 aromatic carbocycles. The molecule has 0 fully saturated rings. The molecule has 0 heterocycles. The number of rotatable bonds is 6. The smallest absolute Gasteiger partial charge is 0.238 e. The number of halogens is 1. The van der Waals surface area contributed by atoms with Crippen LogP contribution in [-0.2, 0) is 11.3 Å². The van der Waals surface area contributed by atoms with E-state index in [2.05, 4.69) is 21.2 Å². The van der Waals surface area contributed by atoms with E-state index < -0.39 is 0 Å². The zero-order valence-electron chi connectivity index (χ0n) is 12.7. The molecule has 1 N–H and O–H groups in total. The predicted molar refractivity (Wildman–Crippen MR) is 92.1 cm³/mol. The highest BCUT2D eigenvalue weighted by Gasteiger charge is 2.09. The van der Waals surface area contributed by atoms with E-state index in [1.165, 1.54) is 0 Å². The van der Waals surface area contributed by atoms with Crippen molar-refractivity contribution < 1.29 is 9.53 Å². The van der Waals surface area contributed by atoms with Gasteiger partial charge in [-0.25, -0.2) is 0 Å². The lowest BCUT2D eigenvalue weighted by Crippen LogP contribution is -2.29. The Hall–Kier alpha value is -1.85. The molecular formula is C17H19BrN2O2. The van der Waals surface area contributed by atoms with Gasteiger partial charge in [-0.2, -0.15) is 0 Å². The van der Waals surface area contributed by atoms with Crippen LogP contribution in [0, 0.1) is 0 Å². The van der Waals surface area contributed by atoms with Crippen molar-refractivity contribution in [3.05, 3.63) is 58.6 Å². The number of amides is 1. The molecule has 0 aliphatic rings. The van der Waals surface area contributed by atoms with Crippen LogP contribution in [0.15, 0.2) is 53.0 Å². The third-order valence-electron chi connectivity index (χ3n) is 3.19. The predicted octanol–water partition coefficient (Wildman–Crippen LogP) is 3.53. The van der Waals surface area contributed by atoms with Crippen molar-refractivity contribution in [3.63, 3.8) is 0 Å². The van der Waals surface area contributed by atoms with Gasteiger partial charge in [0.1, 0.15) is 5.75 Å². The quantitative estimate of drug-likeness (QED) is 0.854. The molecular weight excluding hydrogens is 344 g/mol. The van der Waals surface area contributed by atoms with Crippen molar-refractivity contribution in [2.45, 2.75) is 6.54 Å². The van der Waals surface area contributed by atoms with Crippen molar-refractivity contribution in [1.29, 1.82) is 0 Å². The van der Waals surface area contributed by atoms with Gasteiger partial charge in [0.15, 0.2) is 0 Å². The van der Waals surface area contributed by atoms with E-state index in [9.17, 15) is 4.79 Å². The van der Waals surface area contributed by atoms with Crippen LogP contribution < -0.4 is 10.1 Å². The molecule has 0 spiro atoms. The van der Waals surface area contributed by atoms with Crippen LogP contribution in [0.25, 0.3) is 0 Å². The van der Waals surface area contributed by atoms with E-state index in [0.717, 1.165) is 21.5 Å². The summed E-state index contributed by atoms with van der Waals surface area (Å²) in [5, 5.41) is 2.88. The highest BCUT2D eigenvalue weighted by molar-refractivity contribution is 9.10. The standard InChI is InChI=1S/C17H19BrN2O2/c1-20(11-13-5-3-4-6-16(13)18)12-17(21)19-14-7-9-15(22-2)10-8-14/h3-10H,11-12H2,1-2H3,(H,19,21). The van der Waals surface area contributed by atoms with E-state index in [4.69, 9.17) is 4.74 Å². The number of likely N-dealkylation sites (N-methyl/N-ethyl adjacent to an activating group) is 1. The fourth-order valence-corrected chi connectivity index (χ4v) is 2.50. The number of anilines is 1. The van der Waals surface area contributed by atoms with Crippen molar-refractivity contribution >= 4 is 27.5 Å². The van der Waals surface area contributed by atoms with Crippen LogP contribution in [0.2, 0.25) is 0 Å². The molecule has 0 atom stereocenters. The molecule has 0 saturated heterocycles. The van der Waals surface area contributed by atoms with Crippen LogP contribution in [0.5, 0.6) is 5.75 Å². The summed E-state index contributed by atoms with van der Waals surface area (Å²) in [7, 11) is 3.54. The van der Waals surface area contributed by atoms with E-state index in [1.54, 1.807) is 7.11 Å². The van der Waals surface area contributed by atoms with Gasteiger partial charge in [-0.15, -0.1) is 0 Å². The molecule has 0 bridgehead atoms. The lowest BCUT2D eigenvalue weighted by Gasteiger charge is -2.17. The van der Waals surface area contributed by atoms with Crippen molar-refractivity contribution in [2.24, 2.45) is 0 Å². The molecule has 0 radical (unpaired) electrons. The van der Waals surface area contributed by atoms with E-state index in [1.807, 2.05) is 60.5 Å². The maximum Gasteiger partial charge on any atom is 0.238 e. The molecule has 2 rings (SSSR count). The molecule has 22 heavy (non-hydrogen) atoms. The highest BCUT2D eigenvalue weighted by Crippen LogP contribution is 2.17. The molecule has 0 aliphatic carbocycles. The molecule has 4 nitrogen and oxygen atoms in total. The Morgan fingerprint density at radius 3 is 2.50 bits per heavy atom. The second-order valence-electron chi connectivity index (χ2n) is 5.04. The minimum atomic E-state index is -0.0419. The fourth-order valence-electron chi connectivity index (χ4n) is 2.09. The first-order chi connectivity index (χ1) is 10.6. The molecule has 5 heteroatoms. The number of carbonyl (C=O) groups excluding carboxylic acids is 1. The number of hydrogen-bond donors (Lipinski definition) is 1. The summed E-state index contributed by atoms with van der Waals surface area (Å²) in [5.74, 6) is 0.726. The first-order valence-corrected chi connectivity index (χ1v) is 7.73. The maximum absolute atomic E-state index is 12.1.